The van der Waals surface area contributed by atoms with Crippen LogP contribution in [0.4, 0.5) is 24.5 Å². The Morgan fingerprint density at radius 3 is 2.55 bits per heavy atom. The van der Waals surface area contributed by atoms with Crippen LogP contribution in [0.3, 0.4) is 0 Å². The fraction of sp³-hybridized carbons (Fsp3) is 0.100. The molecule has 6 nitrogen and oxygen atoms in total. The van der Waals surface area contributed by atoms with Gasteiger partial charge in [0.2, 0.25) is 0 Å². The molecule has 0 saturated carbocycles. The second-order valence-corrected chi connectivity index (χ2v) is 6.44. The van der Waals surface area contributed by atoms with Gasteiger partial charge in [-0.2, -0.15) is 18.3 Å². The minimum Gasteiger partial charge on any atom is -0.451 e. The summed E-state index contributed by atoms with van der Waals surface area (Å²) < 4.78 is 45.3. The van der Waals surface area contributed by atoms with Crippen molar-refractivity contribution in [1.29, 1.82) is 0 Å². The van der Waals surface area contributed by atoms with Crippen molar-refractivity contribution in [1.82, 2.24) is 9.78 Å². The number of carbonyl (C=O) groups excluding carboxylic acids is 1. The van der Waals surface area contributed by atoms with Gasteiger partial charge in [0.15, 0.2) is 11.5 Å². The number of nitrogens with zero attached hydrogens (tertiary/aromatic N) is 2. The summed E-state index contributed by atoms with van der Waals surface area (Å²) in [5, 5.41) is 6.95. The number of alkyl halides is 3. The molecule has 2 aromatic heterocycles. The van der Waals surface area contributed by atoms with E-state index in [0.29, 0.717) is 16.8 Å². The third kappa shape index (κ3) is 3.54. The summed E-state index contributed by atoms with van der Waals surface area (Å²) in [4.78, 5) is 12.4. The molecule has 2 heterocycles. The summed E-state index contributed by atoms with van der Waals surface area (Å²) in [5.74, 6) is -0.330. The zero-order valence-corrected chi connectivity index (χ0v) is 15.1. The molecule has 4 rings (SSSR count). The quantitative estimate of drug-likeness (QED) is 0.489. The molecule has 0 radical (unpaired) electrons. The molecule has 0 saturated heterocycles. The highest BCUT2D eigenvalue weighted by atomic mass is 19.4. The average molecular weight is 400 g/mol. The van der Waals surface area contributed by atoms with Gasteiger partial charge in [0, 0.05) is 29.4 Å². The number of halogens is 3. The molecular formula is C20H15F3N4O2. The lowest BCUT2D eigenvalue weighted by Gasteiger charge is -2.09. The molecule has 0 spiro atoms. The van der Waals surface area contributed by atoms with Crippen molar-refractivity contribution in [3.8, 4) is 11.3 Å². The Balaban J connectivity index is 1.59. The van der Waals surface area contributed by atoms with Crippen molar-refractivity contribution < 1.29 is 22.4 Å². The molecule has 0 aliphatic carbocycles. The second kappa shape index (κ2) is 6.69. The zero-order chi connectivity index (χ0) is 20.8. The van der Waals surface area contributed by atoms with E-state index in [1.54, 1.807) is 24.3 Å². The number of nitrogen functional groups attached to an aromatic ring is 1. The number of anilines is 2. The number of hydrogen-bond acceptors (Lipinski definition) is 4. The molecule has 9 heteroatoms. The van der Waals surface area contributed by atoms with Crippen molar-refractivity contribution in [2.24, 2.45) is 7.05 Å². The van der Waals surface area contributed by atoms with Gasteiger partial charge in [-0.15, -0.1) is 0 Å². The van der Waals surface area contributed by atoms with E-state index in [4.69, 9.17) is 10.2 Å². The van der Waals surface area contributed by atoms with Crippen LogP contribution in [0.5, 0.6) is 0 Å². The predicted molar refractivity (Wildman–Crippen MR) is 102 cm³/mol. The number of aryl methyl sites for hydroxylation is 1. The number of hydrogen-bond donors (Lipinski definition) is 2. The normalized spacial score (nSPS) is 11.7. The van der Waals surface area contributed by atoms with E-state index >= 15 is 0 Å². The van der Waals surface area contributed by atoms with Crippen molar-refractivity contribution in [2.45, 2.75) is 6.18 Å². The zero-order valence-electron chi connectivity index (χ0n) is 15.1. The van der Waals surface area contributed by atoms with Crippen LogP contribution in [-0.4, -0.2) is 15.7 Å². The number of fused-ring (bicyclic) bond motifs is 1. The summed E-state index contributed by atoms with van der Waals surface area (Å²) in [5.41, 5.74) is 6.77. The van der Waals surface area contributed by atoms with Gasteiger partial charge < -0.3 is 15.5 Å². The fourth-order valence-corrected chi connectivity index (χ4v) is 3.02. The first-order valence-corrected chi connectivity index (χ1v) is 8.53. The van der Waals surface area contributed by atoms with E-state index in [9.17, 15) is 18.0 Å². The summed E-state index contributed by atoms with van der Waals surface area (Å²) in [7, 11) is 1.40. The lowest BCUT2D eigenvalue weighted by atomic mass is 10.1. The Hall–Kier alpha value is -3.75. The lowest BCUT2D eigenvalue weighted by molar-refractivity contribution is -0.141. The third-order valence-corrected chi connectivity index (χ3v) is 4.40. The number of rotatable bonds is 3. The number of nitrogens with two attached hydrogens (primary N) is 1. The Labute approximate surface area is 162 Å². The predicted octanol–water partition coefficient (Wildman–Crippen LogP) is 4.69. The Bertz CT molecular complexity index is 1190. The fourth-order valence-electron chi connectivity index (χ4n) is 3.02. The number of aromatic nitrogens is 2. The summed E-state index contributed by atoms with van der Waals surface area (Å²) in [6.45, 7) is 0. The molecule has 0 fully saturated rings. The van der Waals surface area contributed by atoms with E-state index in [1.807, 2.05) is 12.1 Å². The second-order valence-electron chi connectivity index (χ2n) is 6.44. The van der Waals surface area contributed by atoms with Crippen LogP contribution < -0.4 is 11.1 Å². The topological polar surface area (TPSA) is 86.1 Å². The Morgan fingerprint density at radius 1 is 1.14 bits per heavy atom. The minimum atomic E-state index is -4.55. The van der Waals surface area contributed by atoms with E-state index in [0.717, 1.165) is 16.1 Å². The molecule has 1 amide bonds. The van der Waals surface area contributed by atoms with Crippen molar-refractivity contribution in [2.75, 3.05) is 11.1 Å². The van der Waals surface area contributed by atoms with Crippen LogP contribution in [0.1, 0.15) is 16.2 Å². The minimum absolute atomic E-state index is 0.135. The third-order valence-electron chi connectivity index (χ3n) is 4.40. The molecule has 0 aliphatic heterocycles. The SMILES string of the molecule is Cn1nc(C(F)(F)F)cc1-c1ccc(NC(=O)c2cc3ccccc3o2)cc1N. The maximum absolute atomic E-state index is 12.9. The van der Waals surface area contributed by atoms with Crippen molar-refractivity contribution in [3.63, 3.8) is 0 Å². The van der Waals surface area contributed by atoms with Gasteiger partial charge in [0.25, 0.3) is 5.91 Å². The maximum Gasteiger partial charge on any atom is 0.435 e. The van der Waals surface area contributed by atoms with Crippen LogP contribution in [0.15, 0.2) is 59.0 Å². The highest BCUT2D eigenvalue weighted by Gasteiger charge is 2.34. The van der Waals surface area contributed by atoms with Gasteiger partial charge in [0.1, 0.15) is 5.58 Å². The van der Waals surface area contributed by atoms with Crippen molar-refractivity contribution in [3.05, 3.63) is 66.1 Å². The van der Waals surface area contributed by atoms with Crippen molar-refractivity contribution >= 4 is 28.3 Å². The summed E-state index contributed by atoms with van der Waals surface area (Å²) in [6, 6.07) is 14.3. The smallest absolute Gasteiger partial charge is 0.435 e. The number of carbonyl (C=O) groups is 1. The molecule has 4 aromatic rings. The van der Waals surface area contributed by atoms with E-state index in [2.05, 4.69) is 10.4 Å². The number of nitrogens with one attached hydrogen (secondary N) is 1. The first-order chi connectivity index (χ1) is 13.7. The molecular weight excluding hydrogens is 385 g/mol. The average Bonchev–Trinajstić information content (AvgIpc) is 3.25. The van der Waals surface area contributed by atoms with Gasteiger partial charge in [-0.1, -0.05) is 18.2 Å². The largest absolute Gasteiger partial charge is 0.451 e. The monoisotopic (exact) mass is 400 g/mol. The van der Waals surface area contributed by atoms with Crippen LogP contribution in [0, 0.1) is 0 Å². The molecule has 0 bridgehead atoms. The lowest BCUT2D eigenvalue weighted by Crippen LogP contribution is -2.11. The van der Waals surface area contributed by atoms with Gasteiger partial charge in [-0.3, -0.25) is 9.48 Å². The van der Waals surface area contributed by atoms with E-state index < -0.39 is 17.8 Å². The van der Waals surface area contributed by atoms with Gasteiger partial charge in [-0.05, 0) is 36.4 Å². The molecule has 3 N–H and O–H groups in total. The Morgan fingerprint density at radius 2 is 1.90 bits per heavy atom. The van der Waals surface area contributed by atoms with Gasteiger partial charge in [0.05, 0.1) is 5.69 Å². The van der Waals surface area contributed by atoms with Crippen LogP contribution in [0.2, 0.25) is 0 Å². The summed E-state index contributed by atoms with van der Waals surface area (Å²) >= 11 is 0. The first-order valence-electron chi connectivity index (χ1n) is 8.53. The summed E-state index contributed by atoms with van der Waals surface area (Å²) in [6.07, 6.45) is -4.55. The number of para-hydroxylation sites is 1. The highest BCUT2D eigenvalue weighted by molar-refractivity contribution is 6.05. The number of benzene rings is 2. The van der Waals surface area contributed by atoms with Crippen LogP contribution >= 0.6 is 0 Å². The number of furan rings is 1. The van der Waals surface area contributed by atoms with E-state index in [1.165, 1.54) is 19.2 Å². The molecule has 0 aliphatic rings. The first kappa shape index (κ1) is 18.6. The molecule has 148 valence electrons. The molecule has 0 atom stereocenters. The van der Waals surface area contributed by atoms with Gasteiger partial charge in [-0.25, -0.2) is 0 Å². The van der Waals surface area contributed by atoms with Crippen LogP contribution in [-0.2, 0) is 13.2 Å². The van der Waals surface area contributed by atoms with Gasteiger partial charge >= 0.3 is 6.18 Å². The van der Waals surface area contributed by atoms with E-state index in [-0.39, 0.29) is 17.1 Å². The van der Waals surface area contributed by atoms with Crippen LogP contribution in [0.25, 0.3) is 22.2 Å². The molecule has 29 heavy (non-hydrogen) atoms. The standard InChI is InChI=1S/C20H15F3N4O2/c1-27-15(10-18(26-27)20(21,22)23)13-7-6-12(9-14(13)24)25-19(28)17-8-11-4-2-3-5-16(11)29-17/h2-10H,24H2,1H3,(H,25,28). The highest BCUT2D eigenvalue weighted by Crippen LogP contribution is 2.34. The number of amides is 1. The maximum atomic E-state index is 12.9. The molecule has 0 unspecified atom stereocenters. The molecule has 2 aromatic carbocycles. The Kier molecular flexibility index (Phi) is 4.30.